The van der Waals surface area contributed by atoms with Crippen molar-refractivity contribution in [3.05, 3.63) is 12.5 Å². The molecule has 0 spiro atoms. The number of hydrogen-bond donors (Lipinski definition) is 1. The summed E-state index contributed by atoms with van der Waals surface area (Å²) in [6, 6.07) is 0. The number of rotatable bonds is 14. The molecular formula is C19H36N2O. The largest absolute Gasteiger partial charge is 0.361 e. The lowest BCUT2D eigenvalue weighted by atomic mass is 10.0. The van der Waals surface area contributed by atoms with Gasteiger partial charge in [-0.05, 0) is 13.0 Å². The second-order valence-corrected chi connectivity index (χ2v) is 6.67. The first-order valence-electron chi connectivity index (χ1n) is 9.44. The highest BCUT2D eigenvalue weighted by molar-refractivity contribution is 5.85. The van der Waals surface area contributed by atoms with E-state index in [0.717, 1.165) is 5.84 Å². The predicted octanol–water partition coefficient (Wildman–Crippen LogP) is 6.12. The topological polar surface area (TPSA) is 33.6 Å². The first-order valence-corrected chi connectivity index (χ1v) is 9.44. The van der Waals surface area contributed by atoms with Crippen LogP contribution in [0.3, 0.4) is 0 Å². The molecule has 3 nitrogen and oxygen atoms in total. The predicted molar refractivity (Wildman–Crippen MR) is 95.7 cm³/mol. The number of aliphatic imine (C=N–C) groups is 1. The van der Waals surface area contributed by atoms with Gasteiger partial charge in [0.05, 0.1) is 0 Å². The Hall–Kier alpha value is -0.990. The first-order chi connectivity index (χ1) is 10.7. The molecule has 0 radical (unpaired) electrons. The van der Waals surface area contributed by atoms with E-state index in [0.29, 0.717) is 11.8 Å². The van der Waals surface area contributed by atoms with E-state index in [1.54, 1.807) is 0 Å². The van der Waals surface area contributed by atoms with Gasteiger partial charge in [-0.25, -0.2) is 5.48 Å². The summed E-state index contributed by atoms with van der Waals surface area (Å²) in [7, 11) is 0. The van der Waals surface area contributed by atoms with E-state index in [-0.39, 0.29) is 0 Å². The molecule has 1 heterocycles. The van der Waals surface area contributed by atoms with Crippen molar-refractivity contribution in [3.63, 3.8) is 0 Å². The molecule has 1 unspecified atom stereocenters. The van der Waals surface area contributed by atoms with Crippen molar-refractivity contribution in [3.8, 4) is 0 Å². The number of unbranched alkanes of at least 4 members (excludes halogenated alkanes) is 11. The molecule has 0 aromatic rings. The number of nitrogens with one attached hydrogen (secondary N) is 1. The molecule has 0 aromatic carbocycles. The van der Waals surface area contributed by atoms with Crippen LogP contribution in [-0.2, 0) is 4.84 Å². The van der Waals surface area contributed by atoms with Gasteiger partial charge in [0.1, 0.15) is 5.84 Å². The highest BCUT2D eigenvalue weighted by atomic mass is 16.7. The van der Waals surface area contributed by atoms with Gasteiger partial charge in [0.25, 0.3) is 0 Å². The van der Waals surface area contributed by atoms with Crippen molar-refractivity contribution in [1.82, 2.24) is 5.48 Å². The monoisotopic (exact) mass is 308 g/mol. The molecule has 0 aliphatic carbocycles. The summed E-state index contributed by atoms with van der Waals surface area (Å²) in [6.45, 7) is 8.16. The Morgan fingerprint density at radius 3 is 1.86 bits per heavy atom. The minimum absolute atomic E-state index is 0.447. The van der Waals surface area contributed by atoms with Crippen LogP contribution in [0.15, 0.2) is 17.5 Å². The van der Waals surface area contributed by atoms with Gasteiger partial charge >= 0.3 is 0 Å². The van der Waals surface area contributed by atoms with Crippen LogP contribution in [0.2, 0.25) is 0 Å². The second-order valence-electron chi connectivity index (χ2n) is 6.67. The Morgan fingerprint density at radius 1 is 0.909 bits per heavy atom. The van der Waals surface area contributed by atoms with Crippen molar-refractivity contribution in [2.45, 2.75) is 97.3 Å². The molecular weight excluding hydrogens is 272 g/mol. The van der Waals surface area contributed by atoms with Crippen molar-refractivity contribution in [2.24, 2.45) is 10.9 Å². The summed E-state index contributed by atoms with van der Waals surface area (Å²) in [4.78, 5) is 9.30. The average Bonchev–Trinajstić information content (AvgIpc) is 2.95. The van der Waals surface area contributed by atoms with E-state index in [2.05, 4.69) is 30.9 Å². The molecule has 1 N–H and O–H groups in total. The minimum Gasteiger partial charge on any atom is -0.361 e. The van der Waals surface area contributed by atoms with Crippen molar-refractivity contribution < 1.29 is 4.84 Å². The third-order valence-corrected chi connectivity index (χ3v) is 4.48. The number of hydrogen-bond acceptors (Lipinski definition) is 3. The summed E-state index contributed by atoms with van der Waals surface area (Å²) in [5, 5.41) is 0. The maximum atomic E-state index is 5.05. The van der Waals surface area contributed by atoms with Gasteiger partial charge in [-0.3, -0.25) is 0 Å². The smallest absolute Gasteiger partial charge is 0.240 e. The van der Waals surface area contributed by atoms with Crippen molar-refractivity contribution in [2.75, 3.05) is 0 Å². The fourth-order valence-corrected chi connectivity index (χ4v) is 2.93. The third kappa shape index (κ3) is 9.11. The molecule has 1 aliphatic heterocycles. The molecule has 0 amide bonds. The van der Waals surface area contributed by atoms with E-state index in [1.807, 2.05) is 0 Å². The third-order valence-electron chi connectivity index (χ3n) is 4.48. The van der Waals surface area contributed by atoms with Gasteiger partial charge in [0.2, 0.25) is 5.88 Å². The van der Waals surface area contributed by atoms with E-state index in [9.17, 15) is 0 Å². The second kappa shape index (κ2) is 12.5. The molecule has 1 aliphatic rings. The molecule has 0 saturated heterocycles. The summed E-state index contributed by atoms with van der Waals surface area (Å²) in [5.74, 6) is 1.87. The zero-order valence-corrected chi connectivity index (χ0v) is 14.8. The molecule has 0 fully saturated rings. The maximum Gasteiger partial charge on any atom is 0.240 e. The van der Waals surface area contributed by atoms with Gasteiger partial charge in [-0.1, -0.05) is 90.9 Å². The van der Waals surface area contributed by atoms with Gasteiger partial charge in [0.15, 0.2) is 0 Å². The summed E-state index contributed by atoms with van der Waals surface area (Å²) in [5.41, 5.74) is 2.85. The average molecular weight is 309 g/mol. The molecule has 0 aromatic heterocycles. The van der Waals surface area contributed by atoms with Crippen LogP contribution in [0.5, 0.6) is 0 Å². The molecule has 1 atom stereocenters. The van der Waals surface area contributed by atoms with Crippen LogP contribution < -0.4 is 5.48 Å². The Labute approximate surface area is 137 Å². The van der Waals surface area contributed by atoms with Crippen LogP contribution in [-0.4, -0.2) is 5.84 Å². The summed E-state index contributed by atoms with van der Waals surface area (Å²) < 4.78 is 0. The van der Waals surface area contributed by atoms with Crippen LogP contribution in [0.4, 0.5) is 0 Å². The van der Waals surface area contributed by atoms with Gasteiger partial charge in [-0.15, -0.1) is 0 Å². The number of hydroxylamine groups is 1. The SMILES string of the molecule is C=C1N=C(C(C)CCCCCCCCCCCCCC)NO1. The van der Waals surface area contributed by atoms with Gasteiger partial charge in [0, 0.05) is 5.92 Å². The zero-order chi connectivity index (χ0) is 16.0. The standard InChI is InChI=1S/C19H36N2O/c1-4-5-6-7-8-9-10-11-12-13-14-15-16-17(2)19-20-18(3)22-21-19/h17H,3-16H2,1-2H3,(H,20,21). The number of amidine groups is 1. The van der Waals surface area contributed by atoms with Crippen LogP contribution in [0, 0.1) is 5.92 Å². The first kappa shape index (κ1) is 19.1. The lowest BCUT2D eigenvalue weighted by Gasteiger charge is -2.10. The molecule has 22 heavy (non-hydrogen) atoms. The normalized spacial score (nSPS) is 15.4. The van der Waals surface area contributed by atoms with E-state index in [4.69, 9.17) is 4.84 Å². The van der Waals surface area contributed by atoms with E-state index < -0.39 is 0 Å². The van der Waals surface area contributed by atoms with Gasteiger partial charge < -0.3 is 4.84 Å². The maximum absolute atomic E-state index is 5.05. The zero-order valence-electron chi connectivity index (χ0n) is 14.8. The Balaban J connectivity index is 1.82. The summed E-state index contributed by atoms with van der Waals surface area (Å²) >= 11 is 0. The fourth-order valence-electron chi connectivity index (χ4n) is 2.93. The van der Waals surface area contributed by atoms with Crippen molar-refractivity contribution in [1.29, 1.82) is 0 Å². The molecule has 128 valence electrons. The molecule has 0 bridgehead atoms. The van der Waals surface area contributed by atoms with Crippen molar-refractivity contribution >= 4 is 5.84 Å². The Kier molecular flexibility index (Phi) is 10.9. The lowest BCUT2D eigenvalue weighted by Crippen LogP contribution is -2.23. The van der Waals surface area contributed by atoms with E-state index in [1.165, 1.54) is 83.5 Å². The fraction of sp³-hybridized carbons (Fsp3) is 0.842. The lowest BCUT2D eigenvalue weighted by molar-refractivity contribution is 0.175. The van der Waals surface area contributed by atoms with Crippen LogP contribution >= 0.6 is 0 Å². The Morgan fingerprint density at radius 2 is 1.41 bits per heavy atom. The molecule has 3 heteroatoms. The minimum atomic E-state index is 0.447. The van der Waals surface area contributed by atoms with E-state index >= 15 is 0 Å². The van der Waals surface area contributed by atoms with Gasteiger partial charge in [-0.2, -0.15) is 4.99 Å². The quantitative estimate of drug-likeness (QED) is 0.392. The summed E-state index contributed by atoms with van der Waals surface area (Å²) in [6.07, 6.45) is 18.0. The highest BCUT2D eigenvalue weighted by Crippen LogP contribution is 2.17. The molecule has 1 rings (SSSR count). The van der Waals surface area contributed by atoms with Crippen LogP contribution in [0.25, 0.3) is 0 Å². The number of nitrogens with zero attached hydrogens (tertiary/aromatic N) is 1. The highest BCUT2D eigenvalue weighted by Gasteiger charge is 2.16. The molecule has 0 saturated carbocycles. The Bertz CT molecular complexity index is 325. The van der Waals surface area contributed by atoms with Crippen LogP contribution in [0.1, 0.15) is 97.3 Å².